The molecule has 0 radical (unpaired) electrons. The van der Waals surface area contributed by atoms with Crippen molar-refractivity contribution in [3.63, 3.8) is 0 Å². The van der Waals surface area contributed by atoms with Gasteiger partial charge in [0.1, 0.15) is 6.26 Å². The molecule has 3 heterocycles. The lowest BCUT2D eigenvalue weighted by molar-refractivity contribution is 0.169. The smallest absolute Gasteiger partial charge is 0.194 e. The topological polar surface area (TPSA) is 60.1 Å². The summed E-state index contributed by atoms with van der Waals surface area (Å²) in [6.07, 6.45) is 2.79. The van der Waals surface area contributed by atoms with E-state index in [-0.39, 0.29) is 24.0 Å². The van der Waals surface area contributed by atoms with Gasteiger partial charge in [-0.15, -0.1) is 24.0 Å². The summed E-state index contributed by atoms with van der Waals surface area (Å²) >= 11 is 0. The van der Waals surface area contributed by atoms with Gasteiger partial charge in [-0.2, -0.15) is 0 Å². The van der Waals surface area contributed by atoms with Crippen LogP contribution in [0.1, 0.15) is 23.7 Å². The molecule has 0 spiro atoms. The zero-order chi connectivity index (χ0) is 19.9. The first-order valence-corrected chi connectivity index (χ1v) is 10.8. The van der Waals surface area contributed by atoms with E-state index in [1.807, 2.05) is 6.07 Å². The number of piperazine rings is 1. The zero-order valence-electron chi connectivity index (χ0n) is 17.8. The summed E-state index contributed by atoms with van der Waals surface area (Å²) in [7, 11) is 0. The highest BCUT2D eigenvalue weighted by Crippen LogP contribution is 2.18. The highest BCUT2D eigenvalue weighted by atomic mass is 127. The van der Waals surface area contributed by atoms with Crippen molar-refractivity contribution in [1.82, 2.24) is 25.2 Å². The van der Waals surface area contributed by atoms with Crippen molar-refractivity contribution in [2.45, 2.75) is 26.4 Å². The zero-order valence-corrected chi connectivity index (χ0v) is 20.1. The van der Waals surface area contributed by atoms with Gasteiger partial charge in [0.25, 0.3) is 0 Å². The molecule has 1 saturated heterocycles. The molecular weight excluding hydrogens is 491 g/mol. The Kier molecular flexibility index (Phi) is 8.95. The number of nitrogens with zero attached hydrogens (tertiary/aromatic N) is 5. The van der Waals surface area contributed by atoms with Crippen LogP contribution in [0.5, 0.6) is 0 Å². The molecule has 0 saturated carbocycles. The molecular formula is C22H33IN6O. The van der Waals surface area contributed by atoms with Crippen LogP contribution in [0.15, 0.2) is 46.1 Å². The molecule has 2 aliphatic heterocycles. The SMILES string of the molecule is CCNC(=NCCN1CCc2ccccc2C1)N1CCN(Cc2ccon2)CC1.I. The first-order chi connectivity index (χ1) is 14.3. The monoisotopic (exact) mass is 524 g/mol. The summed E-state index contributed by atoms with van der Waals surface area (Å²) in [4.78, 5) is 12.3. The lowest BCUT2D eigenvalue weighted by atomic mass is 10.00. The Balaban J connectivity index is 0.00000256. The van der Waals surface area contributed by atoms with Gasteiger partial charge in [0.2, 0.25) is 0 Å². The number of nitrogens with one attached hydrogen (secondary N) is 1. The fraction of sp³-hybridized carbons (Fsp3) is 0.545. The minimum absolute atomic E-state index is 0. The average Bonchev–Trinajstić information content (AvgIpc) is 3.27. The highest BCUT2D eigenvalue weighted by Gasteiger charge is 2.20. The van der Waals surface area contributed by atoms with Crippen LogP contribution in [0.25, 0.3) is 0 Å². The number of benzene rings is 1. The average molecular weight is 524 g/mol. The molecule has 1 aromatic heterocycles. The second kappa shape index (κ2) is 11.7. The van der Waals surface area contributed by atoms with Crippen LogP contribution in [0, 0.1) is 0 Å². The maximum absolute atomic E-state index is 4.94. The number of aromatic nitrogens is 1. The normalized spacial score (nSPS) is 18.0. The molecule has 0 bridgehead atoms. The van der Waals surface area contributed by atoms with E-state index >= 15 is 0 Å². The first-order valence-electron chi connectivity index (χ1n) is 10.8. The number of guanidine groups is 1. The molecule has 164 valence electrons. The lowest BCUT2D eigenvalue weighted by Gasteiger charge is -2.36. The molecule has 8 heteroatoms. The molecule has 0 aliphatic carbocycles. The molecule has 0 amide bonds. The van der Waals surface area contributed by atoms with Gasteiger partial charge in [0.15, 0.2) is 5.96 Å². The highest BCUT2D eigenvalue weighted by molar-refractivity contribution is 14.0. The number of aliphatic imine (C=N–C) groups is 1. The molecule has 0 unspecified atom stereocenters. The second-order valence-corrected chi connectivity index (χ2v) is 7.78. The molecule has 30 heavy (non-hydrogen) atoms. The Morgan fingerprint density at radius 3 is 2.60 bits per heavy atom. The second-order valence-electron chi connectivity index (χ2n) is 7.78. The fourth-order valence-corrected chi connectivity index (χ4v) is 4.13. The Hall–Kier alpha value is -1.65. The summed E-state index contributed by atoms with van der Waals surface area (Å²) in [5.74, 6) is 1.05. The van der Waals surface area contributed by atoms with E-state index in [4.69, 9.17) is 9.52 Å². The number of halogens is 1. The minimum Gasteiger partial charge on any atom is -0.364 e. The Labute approximate surface area is 196 Å². The van der Waals surface area contributed by atoms with Crippen LogP contribution in [-0.4, -0.2) is 78.2 Å². The van der Waals surface area contributed by atoms with Gasteiger partial charge in [-0.1, -0.05) is 29.4 Å². The van der Waals surface area contributed by atoms with Gasteiger partial charge in [-0.05, 0) is 24.5 Å². The molecule has 2 aliphatic rings. The third kappa shape index (κ3) is 6.18. The van der Waals surface area contributed by atoms with Gasteiger partial charge < -0.3 is 14.7 Å². The minimum atomic E-state index is 0. The van der Waals surface area contributed by atoms with E-state index in [9.17, 15) is 0 Å². The Morgan fingerprint density at radius 2 is 1.87 bits per heavy atom. The van der Waals surface area contributed by atoms with E-state index in [0.717, 1.165) is 83.5 Å². The third-order valence-corrected chi connectivity index (χ3v) is 5.77. The van der Waals surface area contributed by atoms with E-state index in [2.05, 4.69) is 56.4 Å². The molecule has 4 rings (SSSR count). The maximum atomic E-state index is 4.94. The van der Waals surface area contributed by atoms with Crippen molar-refractivity contribution in [3.05, 3.63) is 53.4 Å². The van der Waals surface area contributed by atoms with Gasteiger partial charge >= 0.3 is 0 Å². The predicted molar refractivity (Wildman–Crippen MR) is 130 cm³/mol. The summed E-state index contributed by atoms with van der Waals surface area (Å²) in [5, 5.41) is 7.50. The maximum Gasteiger partial charge on any atom is 0.194 e. The van der Waals surface area contributed by atoms with Gasteiger partial charge in [-0.3, -0.25) is 14.8 Å². The largest absolute Gasteiger partial charge is 0.364 e. The molecule has 7 nitrogen and oxygen atoms in total. The van der Waals surface area contributed by atoms with Crippen molar-refractivity contribution in [1.29, 1.82) is 0 Å². The molecule has 1 aromatic carbocycles. The quantitative estimate of drug-likeness (QED) is 0.356. The van der Waals surface area contributed by atoms with Crippen LogP contribution in [-0.2, 0) is 19.5 Å². The number of hydrogen-bond acceptors (Lipinski definition) is 5. The third-order valence-electron chi connectivity index (χ3n) is 5.77. The number of hydrogen-bond donors (Lipinski definition) is 1. The van der Waals surface area contributed by atoms with Crippen molar-refractivity contribution in [3.8, 4) is 0 Å². The summed E-state index contributed by atoms with van der Waals surface area (Å²) < 4.78 is 4.94. The number of fused-ring (bicyclic) bond motifs is 1. The van der Waals surface area contributed by atoms with Crippen molar-refractivity contribution >= 4 is 29.9 Å². The summed E-state index contributed by atoms with van der Waals surface area (Å²) in [6, 6.07) is 10.7. The van der Waals surface area contributed by atoms with E-state index in [1.165, 1.54) is 11.1 Å². The van der Waals surface area contributed by atoms with Crippen LogP contribution in [0.4, 0.5) is 0 Å². The van der Waals surface area contributed by atoms with Gasteiger partial charge in [0.05, 0.1) is 12.2 Å². The first kappa shape index (κ1) is 23.0. The van der Waals surface area contributed by atoms with Gasteiger partial charge in [-0.25, -0.2) is 0 Å². The van der Waals surface area contributed by atoms with Crippen LogP contribution in [0.3, 0.4) is 0 Å². The Morgan fingerprint density at radius 1 is 1.07 bits per heavy atom. The molecule has 1 N–H and O–H groups in total. The van der Waals surface area contributed by atoms with Crippen LogP contribution in [0.2, 0.25) is 0 Å². The van der Waals surface area contributed by atoms with Crippen molar-refractivity contribution in [2.75, 3.05) is 52.4 Å². The van der Waals surface area contributed by atoms with Gasteiger partial charge in [0, 0.05) is 65.0 Å². The lowest BCUT2D eigenvalue weighted by Crippen LogP contribution is -2.52. The molecule has 0 atom stereocenters. The molecule has 2 aromatic rings. The summed E-state index contributed by atoms with van der Waals surface area (Å²) in [6.45, 7) is 11.9. The number of rotatable bonds is 6. The van der Waals surface area contributed by atoms with E-state index < -0.39 is 0 Å². The Bertz CT molecular complexity index is 789. The summed E-state index contributed by atoms with van der Waals surface area (Å²) in [5.41, 5.74) is 3.98. The van der Waals surface area contributed by atoms with Crippen molar-refractivity contribution in [2.24, 2.45) is 4.99 Å². The van der Waals surface area contributed by atoms with Crippen LogP contribution < -0.4 is 5.32 Å². The van der Waals surface area contributed by atoms with Crippen molar-refractivity contribution < 1.29 is 4.52 Å². The van der Waals surface area contributed by atoms with E-state index in [0.29, 0.717) is 0 Å². The molecule has 1 fully saturated rings. The standard InChI is InChI=1S/C22H32N6O.HI/c1-2-23-22(28-14-12-27(13-15-28)18-21-8-16-29-25-21)24-9-11-26-10-7-19-5-3-4-6-20(19)17-26;/h3-6,8,16H,2,7,9-15,17-18H2,1H3,(H,23,24);1H. The predicted octanol–water partition coefficient (Wildman–Crippen LogP) is 2.43. The fourth-order valence-electron chi connectivity index (χ4n) is 4.13. The van der Waals surface area contributed by atoms with Crippen LogP contribution >= 0.6 is 24.0 Å². The van der Waals surface area contributed by atoms with E-state index in [1.54, 1.807) is 6.26 Å².